The van der Waals surface area contributed by atoms with Crippen LogP contribution in [0.5, 0.6) is 5.75 Å². The molecule has 1 amide bonds. The second-order valence-corrected chi connectivity index (χ2v) is 3.86. The number of ether oxygens (including phenoxy) is 1. The monoisotopic (exact) mass is 276 g/mol. The molecule has 0 aromatic heterocycles. The molecule has 7 heteroatoms. The highest BCUT2D eigenvalue weighted by Gasteiger charge is 2.05. The number of carbonyl (C=O) groups is 2. The molecule has 0 aliphatic heterocycles. The lowest BCUT2D eigenvalue weighted by Crippen LogP contribution is -2.39. The summed E-state index contributed by atoms with van der Waals surface area (Å²) in [6.45, 7) is -0.898. The van der Waals surface area contributed by atoms with Crippen molar-refractivity contribution in [3.8, 4) is 5.75 Å². The molecule has 5 nitrogen and oxygen atoms in total. The van der Waals surface area contributed by atoms with Crippen LogP contribution in [0.25, 0.3) is 0 Å². The highest BCUT2D eigenvalue weighted by Crippen LogP contribution is 2.27. The van der Waals surface area contributed by atoms with Gasteiger partial charge in [-0.3, -0.25) is 4.79 Å². The summed E-state index contributed by atoms with van der Waals surface area (Å²) in [6, 6.07) is 4.54. The molecule has 1 aromatic rings. The van der Waals surface area contributed by atoms with Crippen LogP contribution in [-0.2, 0) is 9.59 Å². The number of benzene rings is 1. The van der Waals surface area contributed by atoms with Crippen molar-refractivity contribution in [2.24, 2.45) is 0 Å². The molecule has 0 spiro atoms. The zero-order valence-electron chi connectivity index (χ0n) is 8.54. The topological polar surface area (TPSA) is 78.5 Å². The first-order chi connectivity index (χ1) is 7.99. The summed E-state index contributed by atoms with van der Waals surface area (Å²) in [5.41, 5.74) is 0. The van der Waals surface area contributed by atoms with E-state index < -0.39 is 18.4 Å². The zero-order chi connectivity index (χ0) is 12.8. The van der Waals surface area contributed by atoms with Gasteiger partial charge in [-0.15, -0.1) is 0 Å². The van der Waals surface area contributed by atoms with Crippen molar-refractivity contribution in [1.82, 2.24) is 5.32 Å². The first-order valence-electron chi connectivity index (χ1n) is 4.53. The molecular weight excluding hydrogens is 269 g/mol. The molecule has 1 rings (SSSR count). The molecule has 0 aliphatic rings. The van der Waals surface area contributed by atoms with E-state index in [4.69, 9.17) is 27.9 Å². The molecule has 17 heavy (non-hydrogen) atoms. The van der Waals surface area contributed by atoms with Crippen molar-refractivity contribution in [1.29, 1.82) is 0 Å². The van der Waals surface area contributed by atoms with E-state index in [0.29, 0.717) is 10.8 Å². The largest absolute Gasteiger partial charge is 0.548 e. The normalized spacial score (nSPS) is 9.76. The van der Waals surface area contributed by atoms with Crippen LogP contribution in [0.4, 0.5) is 0 Å². The van der Waals surface area contributed by atoms with Gasteiger partial charge in [-0.25, -0.2) is 0 Å². The molecule has 0 fully saturated rings. The summed E-state index contributed by atoms with van der Waals surface area (Å²) in [6.07, 6.45) is 0. The van der Waals surface area contributed by atoms with Crippen molar-refractivity contribution in [2.75, 3.05) is 13.2 Å². The minimum Gasteiger partial charge on any atom is -0.548 e. The Kier molecular flexibility index (Phi) is 5.06. The molecule has 92 valence electrons. The number of carboxylic acids is 1. The van der Waals surface area contributed by atoms with Gasteiger partial charge in [0, 0.05) is 5.02 Å². The lowest BCUT2D eigenvalue weighted by Gasteiger charge is -2.09. The van der Waals surface area contributed by atoms with Crippen LogP contribution in [0.2, 0.25) is 10.0 Å². The van der Waals surface area contributed by atoms with Gasteiger partial charge in [-0.05, 0) is 18.2 Å². The fourth-order valence-corrected chi connectivity index (χ4v) is 1.42. The van der Waals surface area contributed by atoms with Crippen LogP contribution in [0.15, 0.2) is 18.2 Å². The van der Waals surface area contributed by atoms with Gasteiger partial charge in [0.1, 0.15) is 5.75 Å². The molecule has 0 bridgehead atoms. The van der Waals surface area contributed by atoms with Gasteiger partial charge < -0.3 is 20.0 Å². The number of rotatable bonds is 5. The molecule has 0 unspecified atom stereocenters. The number of nitrogens with one attached hydrogen (secondary N) is 1. The van der Waals surface area contributed by atoms with Crippen molar-refractivity contribution >= 4 is 35.1 Å². The number of carbonyl (C=O) groups excluding carboxylic acids is 2. The van der Waals surface area contributed by atoms with E-state index in [1.165, 1.54) is 12.1 Å². The molecule has 1 N–H and O–H groups in total. The summed E-state index contributed by atoms with van der Waals surface area (Å²) in [4.78, 5) is 21.2. The second kappa shape index (κ2) is 6.32. The molecule has 0 radical (unpaired) electrons. The van der Waals surface area contributed by atoms with Crippen molar-refractivity contribution in [3.05, 3.63) is 28.2 Å². The highest BCUT2D eigenvalue weighted by atomic mass is 35.5. The molecular formula is C10H8Cl2NO4-. The second-order valence-electron chi connectivity index (χ2n) is 3.01. The van der Waals surface area contributed by atoms with Crippen LogP contribution < -0.4 is 15.2 Å². The maximum Gasteiger partial charge on any atom is 0.258 e. The quantitative estimate of drug-likeness (QED) is 0.836. The number of carboxylic acid groups (broad SMARTS) is 1. The average Bonchev–Trinajstić information content (AvgIpc) is 2.25. The van der Waals surface area contributed by atoms with Gasteiger partial charge in [0.05, 0.1) is 17.5 Å². The molecule has 0 aliphatic carbocycles. The lowest BCUT2D eigenvalue weighted by molar-refractivity contribution is -0.304. The Hall–Kier alpha value is -1.46. The minimum atomic E-state index is -1.37. The van der Waals surface area contributed by atoms with E-state index in [1.54, 1.807) is 6.07 Å². The number of aliphatic carboxylic acids is 1. The smallest absolute Gasteiger partial charge is 0.258 e. The average molecular weight is 277 g/mol. The first kappa shape index (κ1) is 13.6. The van der Waals surface area contributed by atoms with Crippen LogP contribution in [0.3, 0.4) is 0 Å². The summed E-state index contributed by atoms with van der Waals surface area (Å²) < 4.78 is 5.07. The Morgan fingerprint density at radius 3 is 2.65 bits per heavy atom. The summed E-state index contributed by atoms with van der Waals surface area (Å²) in [7, 11) is 0. The van der Waals surface area contributed by atoms with Gasteiger partial charge in [0.2, 0.25) is 0 Å². The number of halogens is 2. The highest BCUT2D eigenvalue weighted by molar-refractivity contribution is 6.35. The van der Waals surface area contributed by atoms with Crippen molar-refractivity contribution in [3.63, 3.8) is 0 Å². The molecule has 0 saturated carbocycles. The van der Waals surface area contributed by atoms with Crippen molar-refractivity contribution < 1.29 is 19.4 Å². The number of hydrogen-bond donors (Lipinski definition) is 1. The number of amides is 1. The van der Waals surface area contributed by atoms with Crippen LogP contribution in [0, 0.1) is 0 Å². The van der Waals surface area contributed by atoms with E-state index in [9.17, 15) is 14.7 Å². The third-order valence-corrected chi connectivity index (χ3v) is 2.21. The Labute approximate surface area is 107 Å². The van der Waals surface area contributed by atoms with E-state index in [2.05, 4.69) is 5.32 Å². The van der Waals surface area contributed by atoms with Crippen LogP contribution in [-0.4, -0.2) is 25.0 Å². The van der Waals surface area contributed by atoms with Crippen LogP contribution >= 0.6 is 23.2 Å². The Morgan fingerprint density at radius 1 is 1.35 bits per heavy atom. The van der Waals surface area contributed by atoms with Crippen LogP contribution in [0.1, 0.15) is 0 Å². The van der Waals surface area contributed by atoms with Gasteiger partial charge in [-0.2, -0.15) is 0 Å². The minimum absolute atomic E-state index is 0.269. The van der Waals surface area contributed by atoms with Gasteiger partial charge in [-0.1, -0.05) is 23.2 Å². The SMILES string of the molecule is O=C([O-])CNC(=O)COc1ccc(Cl)cc1Cl. The summed E-state index contributed by atoms with van der Waals surface area (Å²) in [5, 5.41) is 12.9. The van der Waals surface area contributed by atoms with Gasteiger partial charge >= 0.3 is 0 Å². The fourth-order valence-electron chi connectivity index (χ4n) is 0.957. The number of hydrogen-bond acceptors (Lipinski definition) is 4. The van der Waals surface area contributed by atoms with Gasteiger partial charge in [0.25, 0.3) is 5.91 Å². The van der Waals surface area contributed by atoms with E-state index in [-0.39, 0.29) is 11.6 Å². The lowest BCUT2D eigenvalue weighted by atomic mass is 10.3. The maximum absolute atomic E-state index is 11.1. The molecule has 0 atom stereocenters. The fraction of sp³-hybridized carbons (Fsp3) is 0.200. The zero-order valence-corrected chi connectivity index (χ0v) is 10.0. The third-order valence-electron chi connectivity index (χ3n) is 1.68. The Bertz CT molecular complexity index is 436. The maximum atomic E-state index is 11.1. The molecule has 0 saturated heterocycles. The molecule has 1 aromatic carbocycles. The predicted molar refractivity (Wildman–Crippen MR) is 60.0 cm³/mol. The Morgan fingerprint density at radius 2 is 2.06 bits per heavy atom. The summed E-state index contributed by atoms with van der Waals surface area (Å²) >= 11 is 11.5. The molecule has 0 heterocycles. The standard InChI is InChI=1S/C10H9Cl2NO4/c11-6-1-2-8(7(12)3-6)17-5-9(14)13-4-10(15)16/h1-3H,4-5H2,(H,13,14)(H,15,16)/p-1. The Balaban J connectivity index is 2.44. The van der Waals surface area contributed by atoms with E-state index >= 15 is 0 Å². The van der Waals surface area contributed by atoms with Gasteiger partial charge in [0.15, 0.2) is 6.61 Å². The first-order valence-corrected chi connectivity index (χ1v) is 5.29. The predicted octanol–water partition coefficient (Wildman–Crippen LogP) is 0.238. The van der Waals surface area contributed by atoms with E-state index in [1.807, 2.05) is 0 Å². The third kappa shape index (κ3) is 4.93. The summed E-state index contributed by atoms with van der Waals surface area (Å²) in [5.74, 6) is -1.66. The van der Waals surface area contributed by atoms with Crippen molar-refractivity contribution in [2.45, 2.75) is 0 Å². The van der Waals surface area contributed by atoms with E-state index in [0.717, 1.165) is 0 Å².